The highest BCUT2D eigenvalue weighted by Crippen LogP contribution is 2.20. The Labute approximate surface area is 98.7 Å². The van der Waals surface area contributed by atoms with Gasteiger partial charge in [0, 0.05) is 30.9 Å². The lowest BCUT2D eigenvalue weighted by molar-refractivity contribution is 0.394. The highest BCUT2D eigenvalue weighted by Gasteiger charge is 2.22. The summed E-state index contributed by atoms with van der Waals surface area (Å²) >= 11 is 0. The summed E-state index contributed by atoms with van der Waals surface area (Å²) in [4.78, 5) is 2.48. The van der Waals surface area contributed by atoms with Gasteiger partial charge >= 0.3 is 0 Å². The molecular formula is C14H22N2. The summed E-state index contributed by atoms with van der Waals surface area (Å²) in [5.74, 6) is 0. The zero-order valence-corrected chi connectivity index (χ0v) is 10.6. The van der Waals surface area contributed by atoms with Gasteiger partial charge in [0.15, 0.2) is 0 Å². The molecule has 2 rings (SSSR count). The fourth-order valence-electron chi connectivity index (χ4n) is 2.23. The summed E-state index contributed by atoms with van der Waals surface area (Å²) in [6.45, 7) is 10.0. The van der Waals surface area contributed by atoms with Crippen molar-refractivity contribution >= 4 is 5.69 Å². The van der Waals surface area contributed by atoms with E-state index < -0.39 is 0 Å². The molecule has 0 spiro atoms. The van der Waals surface area contributed by atoms with Crippen LogP contribution in [0.25, 0.3) is 0 Å². The van der Waals surface area contributed by atoms with E-state index in [0.29, 0.717) is 0 Å². The minimum atomic E-state index is 0.276. The fourth-order valence-corrected chi connectivity index (χ4v) is 2.23. The van der Waals surface area contributed by atoms with E-state index in [1.807, 2.05) is 0 Å². The molecule has 1 aromatic carbocycles. The van der Waals surface area contributed by atoms with Gasteiger partial charge in [0.1, 0.15) is 0 Å². The average Bonchev–Trinajstić information content (AvgIpc) is 2.39. The molecule has 1 aliphatic rings. The molecule has 88 valence electrons. The van der Waals surface area contributed by atoms with Crippen molar-refractivity contribution in [2.75, 3.05) is 24.5 Å². The second-order valence-electron chi connectivity index (χ2n) is 5.39. The van der Waals surface area contributed by atoms with Crippen LogP contribution in [0.15, 0.2) is 24.3 Å². The third kappa shape index (κ3) is 2.76. The van der Waals surface area contributed by atoms with Crippen molar-refractivity contribution in [1.82, 2.24) is 5.32 Å². The molecule has 0 bridgehead atoms. The van der Waals surface area contributed by atoms with E-state index >= 15 is 0 Å². The Morgan fingerprint density at radius 1 is 1.25 bits per heavy atom. The minimum Gasteiger partial charge on any atom is -0.370 e. The summed E-state index contributed by atoms with van der Waals surface area (Å²) < 4.78 is 0. The molecule has 2 nitrogen and oxygen atoms in total. The van der Waals surface area contributed by atoms with E-state index in [4.69, 9.17) is 0 Å². The van der Waals surface area contributed by atoms with Crippen LogP contribution in [0.1, 0.15) is 25.8 Å². The Morgan fingerprint density at radius 3 is 2.81 bits per heavy atom. The van der Waals surface area contributed by atoms with Crippen molar-refractivity contribution < 1.29 is 0 Å². The molecular weight excluding hydrogens is 196 g/mol. The zero-order valence-electron chi connectivity index (χ0n) is 10.6. The highest BCUT2D eigenvalue weighted by atomic mass is 15.2. The first kappa shape index (κ1) is 11.5. The van der Waals surface area contributed by atoms with Gasteiger partial charge in [0.05, 0.1) is 0 Å². The van der Waals surface area contributed by atoms with E-state index in [2.05, 4.69) is 55.3 Å². The third-order valence-corrected chi connectivity index (χ3v) is 3.36. The zero-order chi connectivity index (χ0) is 11.6. The predicted molar refractivity (Wildman–Crippen MR) is 70.1 cm³/mol. The molecule has 0 unspecified atom stereocenters. The number of hydrogen-bond acceptors (Lipinski definition) is 2. The Morgan fingerprint density at radius 2 is 2.06 bits per heavy atom. The molecule has 0 radical (unpaired) electrons. The standard InChI is InChI=1S/C14H22N2/c1-12-5-4-6-13(11-12)16-9-7-14(2,3)15-8-10-16/h4-6,11,15H,7-10H2,1-3H3. The van der Waals surface area contributed by atoms with Gasteiger partial charge in [-0.05, 0) is 44.9 Å². The molecule has 1 heterocycles. The summed E-state index contributed by atoms with van der Waals surface area (Å²) in [6, 6.07) is 8.79. The minimum absolute atomic E-state index is 0.276. The van der Waals surface area contributed by atoms with Crippen LogP contribution in [-0.4, -0.2) is 25.2 Å². The lowest BCUT2D eigenvalue weighted by atomic mass is 10.0. The topological polar surface area (TPSA) is 15.3 Å². The van der Waals surface area contributed by atoms with Gasteiger partial charge in [-0.15, -0.1) is 0 Å². The molecule has 0 saturated carbocycles. The maximum absolute atomic E-state index is 3.59. The Bertz CT molecular complexity index is 358. The quantitative estimate of drug-likeness (QED) is 0.779. The first-order valence-corrected chi connectivity index (χ1v) is 6.13. The smallest absolute Gasteiger partial charge is 0.0369 e. The summed E-state index contributed by atoms with van der Waals surface area (Å²) in [5.41, 5.74) is 2.98. The summed E-state index contributed by atoms with van der Waals surface area (Å²) in [5, 5.41) is 3.59. The molecule has 16 heavy (non-hydrogen) atoms. The molecule has 1 saturated heterocycles. The number of rotatable bonds is 1. The Balaban J connectivity index is 2.11. The van der Waals surface area contributed by atoms with Gasteiger partial charge in [0.2, 0.25) is 0 Å². The molecule has 1 aromatic rings. The van der Waals surface area contributed by atoms with Gasteiger partial charge in [-0.1, -0.05) is 12.1 Å². The molecule has 0 atom stereocenters. The molecule has 1 N–H and O–H groups in total. The maximum atomic E-state index is 3.59. The van der Waals surface area contributed by atoms with Crippen molar-refractivity contribution in [1.29, 1.82) is 0 Å². The van der Waals surface area contributed by atoms with Gasteiger partial charge in [-0.3, -0.25) is 0 Å². The van der Waals surface area contributed by atoms with Crippen LogP contribution in [0.4, 0.5) is 5.69 Å². The van der Waals surface area contributed by atoms with Crippen molar-refractivity contribution in [3.05, 3.63) is 29.8 Å². The molecule has 0 amide bonds. The van der Waals surface area contributed by atoms with Crippen LogP contribution >= 0.6 is 0 Å². The number of nitrogens with zero attached hydrogens (tertiary/aromatic N) is 1. The molecule has 2 heteroatoms. The van der Waals surface area contributed by atoms with Crippen LogP contribution in [0.5, 0.6) is 0 Å². The average molecular weight is 218 g/mol. The first-order valence-electron chi connectivity index (χ1n) is 6.13. The van der Waals surface area contributed by atoms with E-state index in [1.54, 1.807) is 0 Å². The lowest BCUT2D eigenvalue weighted by Gasteiger charge is -2.25. The van der Waals surface area contributed by atoms with Crippen LogP contribution in [0.2, 0.25) is 0 Å². The lowest BCUT2D eigenvalue weighted by Crippen LogP contribution is -2.39. The first-order chi connectivity index (χ1) is 7.57. The van der Waals surface area contributed by atoms with E-state index in [1.165, 1.54) is 17.7 Å². The van der Waals surface area contributed by atoms with Gasteiger partial charge in [-0.2, -0.15) is 0 Å². The van der Waals surface area contributed by atoms with Crippen molar-refractivity contribution in [2.45, 2.75) is 32.7 Å². The van der Waals surface area contributed by atoms with Crippen LogP contribution in [-0.2, 0) is 0 Å². The molecule has 1 aliphatic heterocycles. The summed E-state index contributed by atoms with van der Waals surface area (Å²) in [6.07, 6.45) is 1.20. The number of hydrogen-bond donors (Lipinski definition) is 1. The van der Waals surface area contributed by atoms with Gasteiger partial charge in [-0.25, -0.2) is 0 Å². The Hall–Kier alpha value is -1.02. The fraction of sp³-hybridized carbons (Fsp3) is 0.571. The van der Waals surface area contributed by atoms with Crippen LogP contribution < -0.4 is 10.2 Å². The van der Waals surface area contributed by atoms with Crippen molar-refractivity contribution in [3.63, 3.8) is 0 Å². The van der Waals surface area contributed by atoms with Gasteiger partial charge < -0.3 is 10.2 Å². The summed E-state index contributed by atoms with van der Waals surface area (Å²) in [7, 11) is 0. The van der Waals surface area contributed by atoms with E-state index in [0.717, 1.165) is 19.6 Å². The van der Waals surface area contributed by atoms with Crippen LogP contribution in [0.3, 0.4) is 0 Å². The highest BCUT2D eigenvalue weighted by molar-refractivity contribution is 5.48. The number of benzene rings is 1. The SMILES string of the molecule is Cc1cccc(N2CCNC(C)(C)CC2)c1. The molecule has 0 aromatic heterocycles. The maximum Gasteiger partial charge on any atom is 0.0369 e. The Kier molecular flexibility index (Phi) is 3.20. The van der Waals surface area contributed by atoms with E-state index in [-0.39, 0.29) is 5.54 Å². The van der Waals surface area contributed by atoms with E-state index in [9.17, 15) is 0 Å². The van der Waals surface area contributed by atoms with Gasteiger partial charge in [0.25, 0.3) is 0 Å². The van der Waals surface area contributed by atoms with Crippen molar-refractivity contribution in [3.8, 4) is 0 Å². The number of nitrogens with one attached hydrogen (secondary N) is 1. The second-order valence-corrected chi connectivity index (χ2v) is 5.39. The monoisotopic (exact) mass is 218 g/mol. The second kappa shape index (κ2) is 4.46. The predicted octanol–water partition coefficient (Wildman–Crippen LogP) is 2.57. The number of anilines is 1. The molecule has 1 fully saturated rings. The third-order valence-electron chi connectivity index (χ3n) is 3.36. The molecule has 0 aliphatic carbocycles. The largest absolute Gasteiger partial charge is 0.370 e. The van der Waals surface area contributed by atoms with Crippen LogP contribution in [0, 0.1) is 6.92 Å². The normalized spacial score (nSPS) is 20.6. The number of aryl methyl sites for hydroxylation is 1. The van der Waals surface area contributed by atoms with Crippen molar-refractivity contribution in [2.24, 2.45) is 0 Å².